The molecular formula is C19H16F3NO5. The second-order valence-corrected chi connectivity index (χ2v) is 6.42. The van der Waals surface area contributed by atoms with Crippen molar-refractivity contribution in [3.05, 3.63) is 46.5 Å². The van der Waals surface area contributed by atoms with E-state index in [9.17, 15) is 27.9 Å². The Bertz CT molecular complexity index is 969. The number of carbonyl (C=O) groups is 2. The first kappa shape index (κ1) is 19.5. The Hall–Kier alpha value is -3.23. The molecule has 6 nitrogen and oxygen atoms in total. The third-order valence-corrected chi connectivity index (χ3v) is 4.47. The van der Waals surface area contributed by atoms with Crippen LogP contribution in [0, 0.1) is 6.92 Å². The van der Waals surface area contributed by atoms with Crippen LogP contribution in [-0.2, 0) is 28.6 Å². The number of ether oxygens (including phenoxy) is 1. The van der Waals surface area contributed by atoms with Gasteiger partial charge in [0.15, 0.2) is 0 Å². The van der Waals surface area contributed by atoms with Gasteiger partial charge in [-0.05, 0) is 61.6 Å². The van der Waals surface area contributed by atoms with Crippen molar-refractivity contribution < 1.29 is 37.7 Å². The van der Waals surface area contributed by atoms with Gasteiger partial charge in [-0.3, -0.25) is 4.79 Å². The highest BCUT2D eigenvalue weighted by molar-refractivity contribution is 6.36. The summed E-state index contributed by atoms with van der Waals surface area (Å²) in [5.41, 5.74) is 1.09. The van der Waals surface area contributed by atoms with Crippen molar-refractivity contribution in [2.75, 3.05) is 5.32 Å². The summed E-state index contributed by atoms with van der Waals surface area (Å²) in [6, 6.07) is 4.39. The van der Waals surface area contributed by atoms with Gasteiger partial charge in [0.1, 0.15) is 22.8 Å². The largest absolute Gasteiger partial charge is 0.507 e. The summed E-state index contributed by atoms with van der Waals surface area (Å²) in [5, 5.41) is 20.6. The predicted octanol–water partition coefficient (Wildman–Crippen LogP) is 4.02. The van der Waals surface area contributed by atoms with Crippen LogP contribution in [0.15, 0.2) is 24.3 Å². The fourth-order valence-electron chi connectivity index (χ4n) is 3.25. The van der Waals surface area contributed by atoms with E-state index in [4.69, 9.17) is 9.84 Å². The Morgan fingerprint density at radius 2 is 1.82 bits per heavy atom. The number of amides is 1. The third kappa shape index (κ3) is 3.73. The summed E-state index contributed by atoms with van der Waals surface area (Å²) < 4.78 is 44.7. The smallest absolute Gasteiger partial charge is 0.420 e. The molecule has 28 heavy (non-hydrogen) atoms. The van der Waals surface area contributed by atoms with Crippen molar-refractivity contribution in [3.8, 4) is 17.2 Å². The zero-order valence-corrected chi connectivity index (χ0v) is 14.7. The number of rotatable bonds is 3. The second kappa shape index (κ2) is 7.06. The number of hydrogen-bond donors (Lipinski definition) is 3. The Morgan fingerprint density at radius 3 is 2.46 bits per heavy atom. The number of carboxylic acid groups (broad SMARTS) is 1. The number of fused-ring (bicyclic) bond motifs is 1. The van der Waals surface area contributed by atoms with Crippen LogP contribution in [0.25, 0.3) is 0 Å². The summed E-state index contributed by atoms with van der Waals surface area (Å²) in [6.45, 7) is 1.65. The Labute approximate surface area is 157 Å². The highest BCUT2D eigenvalue weighted by atomic mass is 19.4. The monoisotopic (exact) mass is 395 g/mol. The van der Waals surface area contributed by atoms with Crippen molar-refractivity contribution in [1.29, 1.82) is 0 Å². The van der Waals surface area contributed by atoms with E-state index in [1.807, 2.05) is 0 Å². The van der Waals surface area contributed by atoms with Gasteiger partial charge in [-0.1, -0.05) is 0 Å². The van der Waals surface area contributed by atoms with Crippen molar-refractivity contribution in [1.82, 2.24) is 0 Å². The van der Waals surface area contributed by atoms with E-state index in [0.29, 0.717) is 41.0 Å². The summed E-state index contributed by atoms with van der Waals surface area (Å²) in [4.78, 5) is 22.3. The number of aliphatic carboxylic acids is 1. The lowest BCUT2D eigenvalue weighted by Crippen LogP contribution is -2.22. The van der Waals surface area contributed by atoms with E-state index in [0.717, 1.165) is 18.6 Å². The topological polar surface area (TPSA) is 95.9 Å². The van der Waals surface area contributed by atoms with Gasteiger partial charge in [0.25, 0.3) is 0 Å². The number of benzene rings is 2. The maximum Gasteiger partial charge on any atom is 0.420 e. The Kier molecular flexibility index (Phi) is 4.93. The number of aryl methyl sites for hydroxylation is 1. The number of carbonyl (C=O) groups excluding carboxylic acids is 1. The molecule has 0 saturated heterocycles. The molecule has 2 aromatic rings. The SMILES string of the molecule is Cc1cc(NC(=O)C(=O)O)c2c(c1Oc1ccc(O)c(C(F)(F)F)c1)CCC2. The molecular weight excluding hydrogens is 379 g/mol. The molecule has 0 heterocycles. The summed E-state index contributed by atoms with van der Waals surface area (Å²) in [5.74, 6) is -3.41. The molecule has 0 bridgehead atoms. The van der Waals surface area contributed by atoms with Crippen molar-refractivity contribution in [3.63, 3.8) is 0 Å². The lowest BCUT2D eigenvalue weighted by Gasteiger charge is -2.18. The fourth-order valence-corrected chi connectivity index (χ4v) is 3.25. The summed E-state index contributed by atoms with van der Waals surface area (Å²) in [7, 11) is 0. The predicted molar refractivity (Wildman–Crippen MR) is 92.7 cm³/mol. The van der Waals surface area contributed by atoms with Gasteiger partial charge in [0, 0.05) is 11.3 Å². The van der Waals surface area contributed by atoms with Gasteiger partial charge in [-0.25, -0.2) is 4.79 Å². The van der Waals surface area contributed by atoms with E-state index in [-0.39, 0.29) is 5.75 Å². The molecule has 2 aromatic carbocycles. The van der Waals surface area contributed by atoms with Gasteiger partial charge in [0.2, 0.25) is 0 Å². The van der Waals surface area contributed by atoms with Crippen LogP contribution in [0.4, 0.5) is 18.9 Å². The molecule has 0 aromatic heterocycles. The number of alkyl halides is 3. The molecule has 0 spiro atoms. The van der Waals surface area contributed by atoms with Crippen LogP contribution in [-0.4, -0.2) is 22.1 Å². The number of aromatic hydroxyl groups is 1. The third-order valence-electron chi connectivity index (χ3n) is 4.47. The van der Waals surface area contributed by atoms with Crippen LogP contribution < -0.4 is 10.1 Å². The number of carboxylic acids is 1. The summed E-state index contributed by atoms with van der Waals surface area (Å²) in [6.07, 6.45) is -2.85. The minimum Gasteiger partial charge on any atom is -0.507 e. The maximum atomic E-state index is 13.0. The van der Waals surface area contributed by atoms with Crippen LogP contribution in [0.3, 0.4) is 0 Å². The second-order valence-electron chi connectivity index (χ2n) is 6.42. The van der Waals surface area contributed by atoms with Crippen LogP contribution in [0.1, 0.15) is 28.7 Å². The number of hydrogen-bond acceptors (Lipinski definition) is 4. The van der Waals surface area contributed by atoms with E-state index in [2.05, 4.69) is 5.32 Å². The zero-order chi connectivity index (χ0) is 20.6. The lowest BCUT2D eigenvalue weighted by molar-refractivity contribution is -0.147. The first-order chi connectivity index (χ1) is 13.1. The number of anilines is 1. The number of phenols is 1. The van der Waals surface area contributed by atoms with Crippen molar-refractivity contribution in [2.45, 2.75) is 32.4 Å². The first-order valence-electron chi connectivity index (χ1n) is 8.35. The molecule has 1 aliphatic carbocycles. The summed E-state index contributed by atoms with van der Waals surface area (Å²) >= 11 is 0. The molecule has 148 valence electrons. The van der Waals surface area contributed by atoms with Crippen molar-refractivity contribution >= 4 is 17.6 Å². The fraction of sp³-hybridized carbons (Fsp3) is 0.263. The van der Waals surface area contributed by atoms with Gasteiger partial charge < -0.3 is 20.3 Å². The first-order valence-corrected chi connectivity index (χ1v) is 8.35. The number of phenolic OH excluding ortho intramolecular Hbond substituents is 1. The van der Waals surface area contributed by atoms with Crippen LogP contribution in [0.2, 0.25) is 0 Å². The van der Waals surface area contributed by atoms with E-state index < -0.39 is 29.4 Å². The van der Waals surface area contributed by atoms with Gasteiger partial charge in [-0.2, -0.15) is 13.2 Å². The van der Waals surface area contributed by atoms with E-state index in [1.54, 1.807) is 6.92 Å². The van der Waals surface area contributed by atoms with Crippen LogP contribution in [0.5, 0.6) is 17.2 Å². The molecule has 0 fully saturated rings. The van der Waals surface area contributed by atoms with Gasteiger partial charge in [-0.15, -0.1) is 0 Å². The number of nitrogens with one attached hydrogen (secondary N) is 1. The molecule has 0 atom stereocenters. The van der Waals surface area contributed by atoms with Crippen molar-refractivity contribution in [2.24, 2.45) is 0 Å². The standard InChI is InChI=1S/C19H16F3NO5/c1-9-7-14(23-17(25)18(26)27)11-3-2-4-12(11)16(9)28-10-5-6-15(24)13(8-10)19(20,21)22/h5-8,24H,2-4H2,1H3,(H,23,25)(H,26,27). The van der Waals surface area contributed by atoms with Gasteiger partial charge in [0.05, 0.1) is 0 Å². The molecule has 0 aliphatic heterocycles. The minimum atomic E-state index is -4.73. The number of halogens is 3. The zero-order valence-electron chi connectivity index (χ0n) is 14.7. The van der Waals surface area contributed by atoms with E-state index in [1.165, 1.54) is 12.1 Å². The molecule has 3 N–H and O–H groups in total. The average Bonchev–Trinajstić information content (AvgIpc) is 3.08. The highest BCUT2D eigenvalue weighted by Gasteiger charge is 2.34. The molecule has 9 heteroatoms. The minimum absolute atomic E-state index is 0.0929. The molecule has 1 amide bonds. The molecule has 0 radical (unpaired) electrons. The normalized spacial score (nSPS) is 13.1. The highest BCUT2D eigenvalue weighted by Crippen LogP contribution is 2.43. The Morgan fingerprint density at radius 1 is 1.14 bits per heavy atom. The maximum absolute atomic E-state index is 13.0. The molecule has 1 aliphatic rings. The molecule has 3 rings (SSSR count). The molecule has 0 saturated carbocycles. The quantitative estimate of drug-likeness (QED) is 0.682. The Balaban J connectivity index is 1.99. The van der Waals surface area contributed by atoms with Gasteiger partial charge >= 0.3 is 18.1 Å². The average molecular weight is 395 g/mol. The lowest BCUT2D eigenvalue weighted by atomic mass is 10.0. The van der Waals surface area contributed by atoms with Crippen LogP contribution >= 0.6 is 0 Å². The molecule has 0 unspecified atom stereocenters. The van der Waals surface area contributed by atoms with E-state index >= 15 is 0 Å².